The largest absolute Gasteiger partial charge is 0.392 e. The average molecular weight is 299 g/mol. The second kappa shape index (κ2) is 5.28. The fourth-order valence-electron chi connectivity index (χ4n) is 2.95. The van der Waals surface area contributed by atoms with Crippen LogP contribution in [0.2, 0.25) is 5.02 Å². The van der Waals surface area contributed by atoms with Gasteiger partial charge in [0.25, 0.3) is 0 Å². The molecule has 2 aliphatic rings. The Morgan fingerprint density at radius 2 is 2.10 bits per heavy atom. The predicted molar refractivity (Wildman–Crippen MR) is 74.6 cm³/mol. The van der Waals surface area contributed by atoms with Crippen molar-refractivity contribution in [2.45, 2.75) is 51.0 Å². The fourth-order valence-corrected chi connectivity index (χ4v) is 3.15. The van der Waals surface area contributed by atoms with E-state index in [0.29, 0.717) is 18.1 Å². The minimum absolute atomic E-state index is 0.000114. The monoisotopic (exact) mass is 298 g/mol. The van der Waals surface area contributed by atoms with E-state index < -0.39 is 5.79 Å². The number of rotatable bonds is 3. The van der Waals surface area contributed by atoms with Crippen LogP contribution in [0, 0.1) is 0 Å². The molecule has 4 nitrogen and oxygen atoms in total. The standard InChI is InChI=1S/C15H19ClO4/c1-15(2)19-13-8-18-12(14(13)20-15)6-9-3-4-11(16)5-10(9)7-17/h3-5,12-14,17H,6-8H2,1-2H3. The van der Waals surface area contributed by atoms with Crippen molar-refractivity contribution in [3.8, 4) is 0 Å². The molecule has 0 saturated carbocycles. The van der Waals surface area contributed by atoms with Gasteiger partial charge in [-0.2, -0.15) is 0 Å². The van der Waals surface area contributed by atoms with Gasteiger partial charge in [0, 0.05) is 11.4 Å². The minimum atomic E-state index is -0.544. The van der Waals surface area contributed by atoms with Crippen LogP contribution in [-0.2, 0) is 27.2 Å². The van der Waals surface area contributed by atoms with Gasteiger partial charge in [-0.1, -0.05) is 17.7 Å². The summed E-state index contributed by atoms with van der Waals surface area (Å²) in [7, 11) is 0. The Bertz CT molecular complexity index is 503. The van der Waals surface area contributed by atoms with Crippen molar-refractivity contribution in [1.29, 1.82) is 0 Å². The molecule has 0 spiro atoms. The minimum Gasteiger partial charge on any atom is -0.392 e. The van der Waals surface area contributed by atoms with E-state index in [1.54, 1.807) is 6.07 Å². The van der Waals surface area contributed by atoms with Crippen LogP contribution >= 0.6 is 11.6 Å². The van der Waals surface area contributed by atoms with Crippen LogP contribution in [0.4, 0.5) is 0 Å². The molecule has 1 N–H and O–H groups in total. The SMILES string of the molecule is CC1(C)OC2COC(Cc3ccc(Cl)cc3CO)C2O1. The molecule has 1 aromatic carbocycles. The molecule has 2 aliphatic heterocycles. The van der Waals surface area contributed by atoms with Gasteiger partial charge >= 0.3 is 0 Å². The highest BCUT2D eigenvalue weighted by atomic mass is 35.5. The third kappa shape index (κ3) is 2.71. The fraction of sp³-hybridized carbons (Fsp3) is 0.600. The Balaban J connectivity index is 1.76. The third-order valence-corrected chi connectivity index (χ3v) is 4.06. The van der Waals surface area contributed by atoms with Gasteiger partial charge in [-0.25, -0.2) is 0 Å². The van der Waals surface area contributed by atoms with E-state index in [1.165, 1.54) is 0 Å². The maximum atomic E-state index is 9.43. The first-order valence-corrected chi connectivity index (χ1v) is 7.22. The first kappa shape index (κ1) is 14.3. The number of aliphatic hydroxyl groups excluding tert-OH is 1. The topological polar surface area (TPSA) is 47.9 Å². The lowest BCUT2D eigenvalue weighted by molar-refractivity contribution is -0.174. The van der Waals surface area contributed by atoms with Gasteiger partial charge < -0.3 is 19.3 Å². The smallest absolute Gasteiger partial charge is 0.164 e. The van der Waals surface area contributed by atoms with Crippen molar-refractivity contribution in [2.75, 3.05) is 6.61 Å². The second-order valence-corrected chi connectivity index (χ2v) is 6.22. The van der Waals surface area contributed by atoms with E-state index in [4.69, 9.17) is 25.8 Å². The molecule has 0 aromatic heterocycles. The predicted octanol–water partition coefficient (Wildman–Crippen LogP) is 2.29. The number of halogens is 1. The molecule has 3 atom stereocenters. The molecule has 0 amide bonds. The summed E-state index contributed by atoms with van der Waals surface area (Å²) >= 11 is 5.95. The maximum Gasteiger partial charge on any atom is 0.164 e. The van der Waals surface area contributed by atoms with Gasteiger partial charge in [0.1, 0.15) is 12.2 Å². The molecule has 0 radical (unpaired) electrons. The highest BCUT2D eigenvalue weighted by molar-refractivity contribution is 6.30. The van der Waals surface area contributed by atoms with Crippen molar-refractivity contribution in [2.24, 2.45) is 0 Å². The number of hydrogen-bond donors (Lipinski definition) is 1. The molecule has 1 aromatic rings. The summed E-state index contributed by atoms with van der Waals surface area (Å²) in [4.78, 5) is 0. The van der Waals surface area contributed by atoms with Gasteiger partial charge in [-0.3, -0.25) is 0 Å². The summed E-state index contributed by atoms with van der Waals surface area (Å²) in [5, 5.41) is 10.1. The lowest BCUT2D eigenvalue weighted by Crippen LogP contribution is -2.31. The van der Waals surface area contributed by atoms with Gasteiger partial charge in [0.2, 0.25) is 0 Å². The molecule has 3 unspecified atom stereocenters. The molecule has 2 fully saturated rings. The Kier molecular flexibility index (Phi) is 3.77. The van der Waals surface area contributed by atoms with Crippen LogP contribution in [-0.4, -0.2) is 35.8 Å². The number of hydrogen-bond acceptors (Lipinski definition) is 4. The van der Waals surface area contributed by atoms with Gasteiger partial charge in [0.15, 0.2) is 5.79 Å². The lowest BCUT2D eigenvalue weighted by atomic mass is 9.99. The van der Waals surface area contributed by atoms with E-state index in [1.807, 2.05) is 26.0 Å². The van der Waals surface area contributed by atoms with Crippen LogP contribution in [0.1, 0.15) is 25.0 Å². The van der Waals surface area contributed by atoms with Crippen LogP contribution in [0.25, 0.3) is 0 Å². The van der Waals surface area contributed by atoms with Crippen molar-refractivity contribution >= 4 is 11.6 Å². The summed E-state index contributed by atoms with van der Waals surface area (Å²) in [6, 6.07) is 5.56. The van der Waals surface area contributed by atoms with E-state index in [9.17, 15) is 5.11 Å². The van der Waals surface area contributed by atoms with E-state index in [0.717, 1.165) is 11.1 Å². The summed E-state index contributed by atoms with van der Waals surface area (Å²) < 4.78 is 17.5. The highest BCUT2D eigenvalue weighted by Crippen LogP contribution is 2.36. The first-order chi connectivity index (χ1) is 9.48. The third-order valence-electron chi connectivity index (χ3n) is 3.82. The van der Waals surface area contributed by atoms with E-state index in [2.05, 4.69) is 0 Å². The zero-order chi connectivity index (χ0) is 14.3. The van der Waals surface area contributed by atoms with Crippen LogP contribution in [0.3, 0.4) is 0 Å². The molecule has 2 heterocycles. The number of fused-ring (bicyclic) bond motifs is 1. The Labute approximate surface area is 123 Å². The maximum absolute atomic E-state index is 9.43. The summed E-state index contributed by atoms with van der Waals surface area (Å²) in [6.07, 6.45) is 0.591. The normalized spacial score (nSPS) is 31.5. The Morgan fingerprint density at radius 1 is 1.30 bits per heavy atom. The molecular weight excluding hydrogens is 280 g/mol. The van der Waals surface area contributed by atoms with Crippen molar-refractivity contribution in [1.82, 2.24) is 0 Å². The molecule has 5 heteroatoms. The lowest BCUT2D eigenvalue weighted by Gasteiger charge is -2.22. The quantitative estimate of drug-likeness (QED) is 0.930. The Hall–Kier alpha value is -0.650. The summed E-state index contributed by atoms with van der Waals surface area (Å²) in [6.45, 7) is 4.37. The van der Waals surface area contributed by atoms with Gasteiger partial charge in [-0.15, -0.1) is 0 Å². The van der Waals surface area contributed by atoms with Crippen LogP contribution < -0.4 is 0 Å². The summed E-state index contributed by atoms with van der Waals surface area (Å²) in [5.74, 6) is -0.544. The number of aliphatic hydroxyl groups is 1. The van der Waals surface area contributed by atoms with E-state index in [-0.39, 0.29) is 24.9 Å². The molecule has 0 aliphatic carbocycles. The van der Waals surface area contributed by atoms with Gasteiger partial charge in [-0.05, 0) is 37.1 Å². The van der Waals surface area contributed by atoms with Gasteiger partial charge in [0.05, 0.1) is 19.3 Å². The zero-order valence-corrected chi connectivity index (χ0v) is 12.4. The van der Waals surface area contributed by atoms with Crippen molar-refractivity contribution in [3.63, 3.8) is 0 Å². The highest BCUT2D eigenvalue weighted by Gasteiger charge is 2.49. The molecular formula is C15H19ClO4. The van der Waals surface area contributed by atoms with E-state index >= 15 is 0 Å². The van der Waals surface area contributed by atoms with Crippen molar-refractivity contribution < 1.29 is 19.3 Å². The van der Waals surface area contributed by atoms with Crippen molar-refractivity contribution in [3.05, 3.63) is 34.3 Å². The summed E-state index contributed by atoms with van der Waals surface area (Å²) in [5.41, 5.74) is 1.87. The first-order valence-electron chi connectivity index (χ1n) is 6.84. The zero-order valence-electron chi connectivity index (χ0n) is 11.6. The van der Waals surface area contributed by atoms with Crippen LogP contribution in [0.15, 0.2) is 18.2 Å². The number of benzene rings is 1. The molecule has 110 valence electrons. The Morgan fingerprint density at radius 3 is 2.85 bits per heavy atom. The van der Waals surface area contributed by atoms with Crippen LogP contribution in [0.5, 0.6) is 0 Å². The molecule has 3 rings (SSSR count). The number of ether oxygens (including phenoxy) is 3. The molecule has 20 heavy (non-hydrogen) atoms. The average Bonchev–Trinajstić information content (AvgIpc) is 2.88. The second-order valence-electron chi connectivity index (χ2n) is 5.79. The molecule has 0 bridgehead atoms. The molecule has 2 saturated heterocycles.